The predicted octanol–water partition coefficient (Wildman–Crippen LogP) is 1.04. The number of nitrogens with one attached hydrogen (secondary N) is 1. The summed E-state index contributed by atoms with van der Waals surface area (Å²) in [4.78, 5) is 11.8. The van der Waals surface area contributed by atoms with Gasteiger partial charge in [0, 0.05) is 13.2 Å². The van der Waals surface area contributed by atoms with E-state index in [1.165, 1.54) is 0 Å². The summed E-state index contributed by atoms with van der Waals surface area (Å²) in [6, 6.07) is -0.468. The zero-order chi connectivity index (χ0) is 12.3. The fraction of sp³-hybridized carbons (Fsp3) is 0.636. The maximum Gasteiger partial charge on any atom is 0.241 e. The number of anilines is 1. The maximum absolute atomic E-state index is 11.8. The molecule has 0 aliphatic heterocycles. The van der Waals surface area contributed by atoms with E-state index < -0.39 is 6.04 Å². The monoisotopic (exact) mass is 224 g/mol. The van der Waals surface area contributed by atoms with Crippen LogP contribution >= 0.6 is 0 Å². The Hall–Kier alpha value is -1.36. The van der Waals surface area contributed by atoms with Crippen molar-refractivity contribution in [2.45, 2.75) is 33.2 Å². The van der Waals surface area contributed by atoms with Gasteiger partial charge in [-0.1, -0.05) is 20.3 Å². The van der Waals surface area contributed by atoms with Crippen molar-refractivity contribution in [3.8, 4) is 0 Å². The van der Waals surface area contributed by atoms with E-state index in [0.29, 0.717) is 0 Å². The van der Waals surface area contributed by atoms with Gasteiger partial charge in [-0.3, -0.25) is 9.48 Å². The minimum atomic E-state index is -0.468. The predicted molar refractivity (Wildman–Crippen MR) is 64.0 cm³/mol. The standard InChI is InChI=1S/C11H20N4O/c1-5-7(2)10(12)11(16)13-9-6-15(4)14-8(9)3/h6-7,10H,5,12H2,1-4H3,(H,13,16)/t7-,10-/m0/s1. The van der Waals surface area contributed by atoms with Gasteiger partial charge in [-0.2, -0.15) is 5.10 Å². The van der Waals surface area contributed by atoms with Crippen LogP contribution in [0.2, 0.25) is 0 Å². The van der Waals surface area contributed by atoms with E-state index in [4.69, 9.17) is 5.73 Å². The number of hydrogen-bond acceptors (Lipinski definition) is 3. The molecule has 0 bridgehead atoms. The first-order chi connectivity index (χ1) is 7.45. The summed E-state index contributed by atoms with van der Waals surface area (Å²) in [6.07, 6.45) is 2.66. The van der Waals surface area contributed by atoms with E-state index >= 15 is 0 Å². The zero-order valence-electron chi connectivity index (χ0n) is 10.3. The Bertz CT molecular complexity index is 372. The third-order valence-electron chi connectivity index (χ3n) is 2.83. The number of nitrogens with two attached hydrogens (primary N) is 1. The van der Waals surface area contributed by atoms with Crippen LogP contribution in [0, 0.1) is 12.8 Å². The quantitative estimate of drug-likeness (QED) is 0.802. The Labute approximate surface area is 96.0 Å². The number of aryl methyl sites for hydroxylation is 2. The molecule has 5 nitrogen and oxygen atoms in total. The number of nitrogens with zero attached hydrogens (tertiary/aromatic N) is 2. The highest BCUT2D eigenvalue weighted by Crippen LogP contribution is 2.13. The van der Waals surface area contributed by atoms with Gasteiger partial charge in [0.05, 0.1) is 17.4 Å². The fourth-order valence-electron chi connectivity index (χ4n) is 1.45. The lowest BCUT2D eigenvalue weighted by Crippen LogP contribution is -2.40. The van der Waals surface area contributed by atoms with E-state index in [1.54, 1.807) is 10.9 Å². The molecule has 16 heavy (non-hydrogen) atoms. The normalized spacial score (nSPS) is 14.6. The van der Waals surface area contributed by atoms with E-state index in [2.05, 4.69) is 10.4 Å². The van der Waals surface area contributed by atoms with Gasteiger partial charge in [-0.15, -0.1) is 0 Å². The number of hydrogen-bond donors (Lipinski definition) is 2. The molecule has 2 atom stereocenters. The van der Waals surface area contributed by atoms with Crippen LogP contribution in [0.4, 0.5) is 5.69 Å². The fourth-order valence-corrected chi connectivity index (χ4v) is 1.45. The molecule has 90 valence electrons. The number of amides is 1. The Morgan fingerprint density at radius 2 is 2.31 bits per heavy atom. The summed E-state index contributed by atoms with van der Waals surface area (Å²) in [5.74, 6) is 0.0300. The van der Waals surface area contributed by atoms with Crippen molar-refractivity contribution in [2.24, 2.45) is 18.7 Å². The van der Waals surface area contributed by atoms with E-state index in [-0.39, 0.29) is 11.8 Å². The lowest BCUT2D eigenvalue weighted by atomic mass is 9.99. The summed E-state index contributed by atoms with van der Waals surface area (Å²) < 4.78 is 1.67. The molecule has 0 aromatic carbocycles. The molecule has 5 heteroatoms. The van der Waals surface area contributed by atoms with E-state index in [9.17, 15) is 4.79 Å². The van der Waals surface area contributed by atoms with Crippen LogP contribution in [0.1, 0.15) is 26.0 Å². The maximum atomic E-state index is 11.8. The minimum Gasteiger partial charge on any atom is -0.322 e. The van der Waals surface area contributed by atoms with Crippen molar-refractivity contribution in [3.63, 3.8) is 0 Å². The van der Waals surface area contributed by atoms with Gasteiger partial charge < -0.3 is 11.1 Å². The molecule has 0 unspecified atom stereocenters. The molecule has 0 aliphatic rings. The van der Waals surface area contributed by atoms with Gasteiger partial charge in [0.1, 0.15) is 0 Å². The number of rotatable bonds is 4. The van der Waals surface area contributed by atoms with Crippen molar-refractivity contribution in [1.82, 2.24) is 9.78 Å². The van der Waals surface area contributed by atoms with Crippen molar-refractivity contribution < 1.29 is 4.79 Å². The van der Waals surface area contributed by atoms with Crippen LogP contribution in [-0.4, -0.2) is 21.7 Å². The lowest BCUT2D eigenvalue weighted by molar-refractivity contribution is -0.118. The highest BCUT2D eigenvalue weighted by molar-refractivity contribution is 5.95. The summed E-state index contributed by atoms with van der Waals surface area (Å²) in [5, 5.41) is 6.95. The van der Waals surface area contributed by atoms with Crippen LogP contribution in [0.3, 0.4) is 0 Å². The lowest BCUT2D eigenvalue weighted by Gasteiger charge is -2.17. The first-order valence-corrected chi connectivity index (χ1v) is 5.52. The molecule has 1 amide bonds. The average Bonchev–Trinajstić information content (AvgIpc) is 2.55. The molecular formula is C11H20N4O. The number of aromatic nitrogens is 2. The molecule has 1 heterocycles. The third kappa shape index (κ3) is 2.82. The molecule has 1 aromatic heterocycles. The molecule has 0 fully saturated rings. The highest BCUT2D eigenvalue weighted by atomic mass is 16.2. The summed E-state index contributed by atoms with van der Waals surface area (Å²) in [5.41, 5.74) is 7.36. The van der Waals surface area contributed by atoms with E-state index in [0.717, 1.165) is 17.8 Å². The smallest absolute Gasteiger partial charge is 0.241 e. The van der Waals surface area contributed by atoms with Gasteiger partial charge in [-0.05, 0) is 12.8 Å². The largest absolute Gasteiger partial charge is 0.322 e. The van der Waals surface area contributed by atoms with Crippen LogP contribution < -0.4 is 11.1 Å². The highest BCUT2D eigenvalue weighted by Gasteiger charge is 2.20. The molecule has 0 saturated heterocycles. The Morgan fingerprint density at radius 3 is 2.75 bits per heavy atom. The summed E-state index contributed by atoms with van der Waals surface area (Å²) in [7, 11) is 1.82. The molecule has 3 N–H and O–H groups in total. The van der Waals surface area contributed by atoms with Crippen molar-refractivity contribution in [3.05, 3.63) is 11.9 Å². The van der Waals surface area contributed by atoms with Crippen molar-refractivity contribution in [1.29, 1.82) is 0 Å². The topological polar surface area (TPSA) is 72.9 Å². The first kappa shape index (κ1) is 12.7. The summed E-state index contributed by atoms with van der Waals surface area (Å²) in [6.45, 7) is 5.85. The SMILES string of the molecule is CC[C@H](C)[C@H](N)C(=O)Nc1cn(C)nc1C. The minimum absolute atomic E-state index is 0.148. The van der Waals surface area contributed by atoms with Gasteiger partial charge in [0.2, 0.25) is 5.91 Å². The van der Waals surface area contributed by atoms with Gasteiger partial charge in [0.25, 0.3) is 0 Å². The third-order valence-corrected chi connectivity index (χ3v) is 2.83. The molecule has 0 spiro atoms. The van der Waals surface area contributed by atoms with Gasteiger partial charge >= 0.3 is 0 Å². The molecule has 1 aromatic rings. The van der Waals surface area contributed by atoms with Crippen LogP contribution in [0.25, 0.3) is 0 Å². The zero-order valence-corrected chi connectivity index (χ0v) is 10.3. The molecular weight excluding hydrogens is 204 g/mol. The molecule has 1 rings (SSSR count). The Balaban J connectivity index is 2.67. The Kier molecular flexibility index (Phi) is 4.06. The molecule has 0 aliphatic carbocycles. The second-order valence-electron chi connectivity index (χ2n) is 4.20. The van der Waals surface area contributed by atoms with Gasteiger partial charge in [0.15, 0.2) is 0 Å². The van der Waals surface area contributed by atoms with Crippen molar-refractivity contribution in [2.75, 3.05) is 5.32 Å². The second-order valence-corrected chi connectivity index (χ2v) is 4.20. The number of carbonyl (C=O) groups is 1. The van der Waals surface area contributed by atoms with Crippen LogP contribution in [0.5, 0.6) is 0 Å². The Morgan fingerprint density at radius 1 is 1.69 bits per heavy atom. The summed E-state index contributed by atoms with van der Waals surface area (Å²) >= 11 is 0. The van der Waals surface area contributed by atoms with Gasteiger partial charge in [-0.25, -0.2) is 0 Å². The van der Waals surface area contributed by atoms with E-state index in [1.807, 2.05) is 27.8 Å². The number of carbonyl (C=O) groups excluding carboxylic acids is 1. The van der Waals surface area contributed by atoms with Crippen LogP contribution in [0.15, 0.2) is 6.20 Å². The van der Waals surface area contributed by atoms with Crippen LogP contribution in [-0.2, 0) is 11.8 Å². The second kappa shape index (κ2) is 5.12. The van der Waals surface area contributed by atoms with Crippen molar-refractivity contribution >= 4 is 11.6 Å². The molecule has 0 saturated carbocycles. The molecule has 0 radical (unpaired) electrons. The average molecular weight is 224 g/mol. The first-order valence-electron chi connectivity index (χ1n) is 5.52.